The summed E-state index contributed by atoms with van der Waals surface area (Å²) >= 11 is 0. The number of benzene rings is 1. The predicted molar refractivity (Wildman–Crippen MR) is 67.7 cm³/mol. The highest BCUT2D eigenvalue weighted by molar-refractivity contribution is 5.34. The molecule has 0 radical (unpaired) electrons. The van der Waals surface area contributed by atoms with Crippen molar-refractivity contribution in [3.63, 3.8) is 0 Å². The van der Waals surface area contributed by atoms with E-state index >= 15 is 0 Å². The number of hydrogen-bond donors (Lipinski definition) is 1. The Morgan fingerprint density at radius 3 is 2.24 bits per heavy atom. The highest BCUT2D eigenvalue weighted by Gasteiger charge is 2.21. The fourth-order valence-corrected chi connectivity index (χ4v) is 1.97. The van der Waals surface area contributed by atoms with Crippen molar-refractivity contribution in [1.82, 2.24) is 5.32 Å². The molecule has 17 heavy (non-hydrogen) atoms. The van der Waals surface area contributed by atoms with Gasteiger partial charge in [0.15, 0.2) is 0 Å². The second kappa shape index (κ2) is 6.70. The zero-order chi connectivity index (χ0) is 12.8. The van der Waals surface area contributed by atoms with Gasteiger partial charge in [0.2, 0.25) is 0 Å². The van der Waals surface area contributed by atoms with Gasteiger partial charge in [-0.2, -0.15) is 0 Å². The molecule has 1 aromatic rings. The standard InChI is InChI=1S/C14H21F2N/c1-4-8-17-13(14(15)16)9-12-10(2)6-5-7-11(12)3/h5-7,13-14,17H,4,8-9H2,1-3H3. The molecule has 0 aromatic heterocycles. The van der Waals surface area contributed by atoms with Crippen LogP contribution in [0.15, 0.2) is 18.2 Å². The van der Waals surface area contributed by atoms with E-state index in [0.29, 0.717) is 13.0 Å². The van der Waals surface area contributed by atoms with Gasteiger partial charge < -0.3 is 5.32 Å². The molecule has 0 heterocycles. The summed E-state index contributed by atoms with van der Waals surface area (Å²) in [5.41, 5.74) is 3.23. The summed E-state index contributed by atoms with van der Waals surface area (Å²) in [6.45, 7) is 6.57. The first-order valence-corrected chi connectivity index (χ1v) is 6.12. The maximum absolute atomic E-state index is 12.9. The summed E-state index contributed by atoms with van der Waals surface area (Å²) in [5, 5.41) is 2.92. The molecule has 96 valence electrons. The van der Waals surface area contributed by atoms with Crippen LogP contribution in [0.2, 0.25) is 0 Å². The minimum atomic E-state index is -2.32. The van der Waals surface area contributed by atoms with E-state index < -0.39 is 12.5 Å². The van der Waals surface area contributed by atoms with E-state index in [1.807, 2.05) is 39.0 Å². The van der Waals surface area contributed by atoms with E-state index in [2.05, 4.69) is 5.32 Å². The molecule has 1 unspecified atom stereocenters. The van der Waals surface area contributed by atoms with Gasteiger partial charge in [-0.3, -0.25) is 0 Å². The number of hydrogen-bond acceptors (Lipinski definition) is 1. The molecular formula is C14H21F2N. The summed E-state index contributed by atoms with van der Waals surface area (Å²) < 4.78 is 25.8. The topological polar surface area (TPSA) is 12.0 Å². The molecule has 1 nitrogen and oxygen atoms in total. The molecule has 1 rings (SSSR count). The van der Waals surface area contributed by atoms with Crippen molar-refractivity contribution in [3.05, 3.63) is 34.9 Å². The van der Waals surface area contributed by atoms with Crippen LogP contribution in [0, 0.1) is 13.8 Å². The molecule has 1 N–H and O–H groups in total. The highest BCUT2D eigenvalue weighted by Crippen LogP contribution is 2.17. The molecule has 0 bridgehead atoms. The molecule has 0 fully saturated rings. The van der Waals surface area contributed by atoms with E-state index in [1.165, 1.54) is 0 Å². The van der Waals surface area contributed by atoms with Crippen molar-refractivity contribution in [3.8, 4) is 0 Å². The van der Waals surface area contributed by atoms with Gasteiger partial charge in [0.05, 0.1) is 6.04 Å². The van der Waals surface area contributed by atoms with E-state index in [1.54, 1.807) is 0 Å². The van der Waals surface area contributed by atoms with Crippen LogP contribution in [-0.2, 0) is 6.42 Å². The molecular weight excluding hydrogens is 220 g/mol. The first-order valence-electron chi connectivity index (χ1n) is 6.12. The van der Waals surface area contributed by atoms with E-state index in [9.17, 15) is 8.78 Å². The van der Waals surface area contributed by atoms with E-state index in [0.717, 1.165) is 23.1 Å². The van der Waals surface area contributed by atoms with Crippen LogP contribution in [0.25, 0.3) is 0 Å². The Bertz CT molecular complexity index is 330. The Morgan fingerprint density at radius 1 is 1.18 bits per heavy atom. The Hall–Kier alpha value is -0.960. The van der Waals surface area contributed by atoms with Gasteiger partial charge >= 0.3 is 0 Å². The third-order valence-corrected chi connectivity index (χ3v) is 3.03. The lowest BCUT2D eigenvalue weighted by atomic mass is 9.96. The fraction of sp³-hybridized carbons (Fsp3) is 0.571. The third kappa shape index (κ3) is 4.08. The average Bonchev–Trinajstić information content (AvgIpc) is 2.27. The molecule has 0 aliphatic carbocycles. The molecule has 3 heteroatoms. The number of alkyl halides is 2. The molecule has 0 aliphatic rings. The average molecular weight is 241 g/mol. The van der Waals surface area contributed by atoms with Crippen molar-refractivity contribution in [1.29, 1.82) is 0 Å². The fourth-order valence-electron chi connectivity index (χ4n) is 1.97. The molecule has 0 aliphatic heterocycles. The van der Waals surface area contributed by atoms with E-state index in [-0.39, 0.29) is 0 Å². The smallest absolute Gasteiger partial charge is 0.254 e. The summed E-state index contributed by atoms with van der Waals surface area (Å²) in [6, 6.07) is 5.18. The molecule has 0 amide bonds. The molecule has 0 saturated carbocycles. The lowest BCUT2D eigenvalue weighted by Crippen LogP contribution is -2.38. The van der Waals surface area contributed by atoms with Gasteiger partial charge in [0, 0.05) is 0 Å². The number of rotatable bonds is 6. The second-order valence-electron chi connectivity index (χ2n) is 4.47. The minimum Gasteiger partial charge on any atom is -0.309 e. The van der Waals surface area contributed by atoms with Crippen LogP contribution in [0.5, 0.6) is 0 Å². The van der Waals surface area contributed by atoms with Crippen LogP contribution >= 0.6 is 0 Å². The van der Waals surface area contributed by atoms with Gasteiger partial charge in [-0.05, 0) is 49.9 Å². The van der Waals surface area contributed by atoms with Crippen molar-refractivity contribution in [2.24, 2.45) is 0 Å². The summed E-state index contributed by atoms with van der Waals surface area (Å²) in [7, 11) is 0. The van der Waals surface area contributed by atoms with Gasteiger partial charge in [0.25, 0.3) is 6.43 Å². The predicted octanol–water partition coefficient (Wildman–Crippen LogP) is 3.48. The van der Waals surface area contributed by atoms with Gasteiger partial charge in [-0.15, -0.1) is 0 Å². The van der Waals surface area contributed by atoms with Crippen molar-refractivity contribution >= 4 is 0 Å². The highest BCUT2D eigenvalue weighted by atomic mass is 19.3. The van der Waals surface area contributed by atoms with Crippen molar-refractivity contribution < 1.29 is 8.78 Å². The van der Waals surface area contributed by atoms with Gasteiger partial charge in [-0.25, -0.2) is 8.78 Å². The zero-order valence-corrected chi connectivity index (χ0v) is 10.8. The van der Waals surface area contributed by atoms with Gasteiger partial charge in [0.1, 0.15) is 0 Å². The maximum atomic E-state index is 12.9. The zero-order valence-electron chi connectivity index (χ0n) is 10.8. The first kappa shape index (κ1) is 14.1. The molecule has 0 spiro atoms. The monoisotopic (exact) mass is 241 g/mol. The number of nitrogens with one attached hydrogen (secondary N) is 1. The minimum absolute atomic E-state index is 0.399. The maximum Gasteiger partial charge on any atom is 0.254 e. The quantitative estimate of drug-likeness (QED) is 0.804. The third-order valence-electron chi connectivity index (χ3n) is 3.03. The molecule has 1 aromatic carbocycles. The van der Waals surface area contributed by atoms with Crippen LogP contribution in [-0.4, -0.2) is 19.0 Å². The lowest BCUT2D eigenvalue weighted by molar-refractivity contribution is 0.0982. The Labute approximate surface area is 102 Å². The summed E-state index contributed by atoms with van der Waals surface area (Å²) in [4.78, 5) is 0. The van der Waals surface area contributed by atoms with Crippen LogP contribution in [0.3, 0.4) is 0 Å². The number of halogens is 2. The normalized spacial score (nSPS) is 13.1. The Kier molecular flexibility index (Phi) is 5.56. The Morgan fingerprint density at radius 2 is 1.76 bits per heavy atom. The van der Waals surface area contributed by atoms with Gasteiger partial charge in [-0.1, -0.05) is 25.1 Å². The van der Waals surface area contributed by atoms with Crippen molar-refractivity contribution in [2.75, 3.05) is 6.54 Å². The summed E-state index contributed by atoms with van der Waals surface area (Å²) in [6.07, 6.45) is -1.05. The largest absolute Gasteiger partial charge is 0.309 e. The Balaban J connectivity index is 2.78. The van der Waals surface area contributed by atoms with Crippen molar-refractivity contribution in [2.45, 2.75) is 46.1 Å². The van der Waals surface area contributed by atoms with E-state index in [4.69, 9.17) is 0 Å². The SMILES string of the molecule is CCCNC(Cc1c(C)cccc1C)C(F)F. The van der Waals surface area contributed by atoms with Crippen LogP contribution in [0.1, 0.15) is 30.0 Å². The number of aryl methyl sites for hydroxylation is 2. The summed E-state index contributed by atoms with van der Waals surface area (Å²) in [5.74, 6) is 0. The lowest BCUT2D eigenvalue weighted by Gasteiger charge is -2.20. The second-order valence-corrected chi connectivity index (χ2v) is 4.47. The van der Waals surface area contributed by atoms with Crippen LogP contribution < -0.4 is 5.32 Å². The molecule has 1 atom stereocenters. The van der Waals surface area contributed by atoms with Crippen LogP contribution in [0.4, 0.5) is 8.78 Å². The molecule has 0 saturated heterocycles. The first-order chi connectivity index (χ1) is 8.06.